The first-order chi connectivity index (χ1) is 12.2. The van der Waals surface area contributed by atoms with Gasteiger partial charge in [0.1, 0.15) is 19.8 Å². The number of anilines is 1. The van der Waals surface area contributed by atoms with Crippen LogP contribution in [-0.4, -0.2) is 38.2 Å². The number of nitrogens with one attached hydrogen (secondary N) is 2. The number of carbonyl (C=O) groups is 2. The van der Waals surface area contributed by atoms with Gasteiger partial charge in [0.15, 0.2) is 5.75 Å². The number of esters is 1. The number of fused-ring (bicyclic) bond motifs is 1. The van der Waals surface area contributed by atoms with Crippen LogP contribution in [0.2, 0.25) is 0 Å². The largest absolute Gasteiger partial charge is 0.489 e. The number of hydrogen-bond acceptors (Lipinski definition) is 5. The molecule has 0 saturated heterocycles. The maximum atomic E-state index is 12.0. The lowest BCUT2D eigenvalue weighted by atomic mass is 10.1. The summed E-state index contributed by atoms with van der Waals surface area (Å²) < 4.78 is 10.8. The number of hydrogen-bond donors (Lipinski definition) is 2. The van der Waals surface area contributed by atoms with Crippen molar-refractivity contribution in [2.24, 2.45) is 0 Å². The molecule has 6 nitrogen and oxygen atoms in total. The third kappa shape index (κ3) is 5.24. The van der Waals surface area contributed by atoms with Gasteiger partial charge in [-0.05, 0) is 24.6 Å². The molecule has 132 valence electrons. The van der Waals surface area contributed by atoms with Gasteiger partial charge in [0.05, 0.1) is 17.8 Å². The number of amides is 1. The Bertz CT molecular complexity index is 707. The normalized spacial score (nSPS) is 14.1. The summed E-state index contributed by atoms with van der Waals surface area (Å²) in [5, 5.41) is 5.72. The Balaban J connectivity index is 1.94. The van der Waals surface area contributed by atoms with E-state index < -0.39 is 5.97 Å². The van der Waals surface area contributed by atoms with Crippen LogP contribution < -0.4 is 15.4 Å². The minimum Gasteiger partial charge on any atom is -0.489 e. The van der Waals surface area contributed by atoms with Crippen LogP contribution in [0, 0.1) is 0 Å². The summed E-state index contributed by atoms with van der Waals surface area (Å²) >= 11 is 0. The molecule has 6 heteroatoms. The molecule has 25 heavy (non-hydrogen) atoms. The molecule has 1 aromatic carbocycles. The van der Waals surface area contributed by atoms with E-state index in [2.05, 4.69) is 17.2 Å². The molecular weight excluding hydrogens is 320 g/mol. The third-order valence-electron chi connectivity index (χ3n) is 3.53. The minimum absolute atomic E-state index is 0.0242. The van der Waals surface area contributed by atoms with E-state index in [9.17, 15) is 9.59 Å². The summed E-state index contributed by atoms with van der Waals surface area (Å²) in [5.74, 6) is -0.138. The lowest BCUT2D eigenvalue weighted by Gasteiger charge is -2.13. The number of ether oxygens (including phenoxy) is 2. The molecule has 0 radical (unpaired) electrons. The number of rotatable bonds is 7. The van der Waals surface area contributed by atoms with Crippen LogP contribution in [0.25, 0.3) is 0 Å². The highest BCUT2D eigenvalue weighted by molar-refractivity contribution is 5.99. The summed E-state index contributed by atoms with van der Waals surface area (Å²) in [6.45, 7) is 6.46. The van der Waals surface area contributed by atoms with Gasteiger partial charge < -0.3 is 20.1 Å². The summed E-state index contributed by atoms with van der Waals surface area (Å²) in [6, 6.07) is 5.18. The predicted molar refractivity (Wildman–Crippen MR) is 96.8 cm³/mol. The van der Waals surface area contributed by atoms with Crippen molar-refractivity contribution in [2.45, 2.75) is 6.92 Å². The molecule has 2 N–H and O–H groups in total. The molecule has 1 aliphatic heterocycles. The van der Waals surface area contributed by atoms with Crippen LogP contribution in [0.15, 0.2) is 54.7 Å². The van der Waals surface area contributed by atoms with Crippen molar-refractivity contribution in [2.75, 3.05) is 31.6 Å². The van der Waals surface area contributed by atoms with Crippen LogP contribution in [-0.2, 0) is 9.53 Å². The molecule has 0 spiro atoms. The van der Waals surface area contributed by atoms with Gasteiger partial charge in [-0.1, -0.05) is 36.9 Å². The molecule has 0 aromatic heterocycles. The molecule has 1 heterocycles. The first-order valence-corrected chi connectivity index (χ1v) is 8.03. The zero-order chi connectivity index (χ0) is 18.1. The highest BCUT2D eigenvalue weighted by Gasteiger charge is 2.19. The lowest BCUT2D eigenvalue weighted by molar-refractivity contribution is -0.140. The summed E-state index contributed by atoms with van der Waals surface area (Å²) in [5.41, 5.74) is 1.91. The van der Waals surface area contributed by atoms with Gasteiger partial charge in [-0.2, -0.15) is 0 Å². The number of carbonyl (C=O) groups excluding carboxylic acids is 2. The fraction of sp³-hybridized carbons (Fsp3) is 0.263. The van der Waals surface area contributed by atoms with Crippen molar-refractivity contribution in [3.8, 4) is 5.75 Å². The van der Waals surface area contributed by atoms with Crippen molar-refractivity contribution in [1.82, 2.24) is 5.32 Å². The monoisotopic (exact) mass is 342 g/mol. The first-order valence-electron chi connectivity index (χ1n) is 8.03. The van der Waals surface area contributed by atoms with Gasteiger partial charge in [0.25, 0.3) is 5.91 Å². The summed E-state index contributed by atoms with van der Waals surface area (Å²) in [7, 11) is 0. The van der Waals surface area contributed by atoms with E-state index in [1.54, 1.807) is 30.4 Å². The molecule has 1 aliphatic rings. The molecule has 0 bridgehead atoms. The van der Waals surface area contributed by atoms with Gasteiger partial charge in [0, 0.05) is 0 Å². The van der Waals surface area contributed by atoms with Gasteiger partial charge in [0.2, 0.25) is 0 Å². The second-order valence-electron chi connectivity index (χ2n) is 5.26. The fourth-order valence-corrected chi connectivity index (χ4v) is 2.22. The SMILES string of the molecule is C=C/C=C\C(=C/C)COC(=O)CNc1cccc2c1OCCNC2=O. The van der Waals surface area contributed by atoms with Gasteiger partial charge >= 0.3 is 5.97 Å². The second kappa shape index (κ2) is 9.32. The van der Waals surface area contributed by atoms with Crippen LogP contribution in [0.3, 0.4) is 0 Å². The number of benzene rings is 1. The molecule has 1 aromatic rings. The Morgan fingerprint density at radius 1 is 1.48 bits per heavy atom. The Hall–Kier alpha value is -3.02. The van der Waals surface area contributed by atoms with Crippen molar-refractivity contribution in [3.05, 3.63) is 60.2 Å². The lowest BCUT2D eigenvalue weighted by Crippen LogP contribution is -2.24. The van der Waals surface area contributed by atoms with Crippen LogP contribution >= 0.6 is 0 Å². The maximum Gasteiger partial charge on any atom is 0.325 e. The Morgan fingerprint density at radius 3 is 3.08 bits per heavy atom. The average molecular weight is 342 g/mol. The Labute approximate surface area is 147 Å². The zero-order valence-corrected chi connectivity index (χ0v) is 14.2. The van der Waals surface area contributed by atoms with Crippen molar-refractivity contribution < 1.29 is 19.1 Å². The highest BCUT2D eigenvalue weighted by atomic mass is 16.5. The molecule has 0 aliphatic carbocycles. The maximum absolute atomic E-state index is 12.0. The van der Waals surface area contributed by atoms with Crippen molar-refractivity contribution >= 4 is 17.6 Å². The van der Waals surface area contributed by atoms with Crippen LogP contribution in [0.5, 0.6) is 5.75 Å². The summed E-state index contributed by atoms with van der Waals surface area (Å²) in [6.07, 6.45) is 7.13. The van der Waals surface area contributed by atoms with E-state index in [1.807, 2.05) is 19.1 Å². The van der Waals surface area contributed by atoms with Gasteiger partial charge in [-0.15, -0.1) is 0 Å². The highest BCUT2D eigenvalue weighted by Crippen LogP contribution is 2.29. The second-order valence-corrected chi connectivity index (χ2v) is 5.26. The molecule has 0 atom stereocenters. The Kier molecular flexibility index (Phi) is 6.83. The van der Waals surface area contributed by atoms with E-state index in [4.69, 9.17) is 9.47 Å². The molecular formula is C19H22N2O4. The standard InChI is InChI=1S/C19H22N2O4/c1-3-5-7-14(4-2)13-25-17(22)12-21-16-9-6-8-15-18(16)24-11-10-20-19(15)23/h3-9,21H,1,10-13H2,2H3,(H,20,23)/b7-5-,14-4+. The van der Waals surface area contributed by atoms with E-state index in [-0.39, 0.29) is 19.1 Å². The van der Waals surface area contributed by atoms with E-state index in [0.29, 0.717) is 30.2 Å². The van der Waals surface area contributed by atoms with Gasteiger partial charge in [-0.3, -0.25) is 9.59 Å². The van der Waals surface area contributed by atoms with Crippen LogP contribution in [0.4, 0.5) is 5.69 Å². The topological polar surface area (TPSA) is 76.7 Å². The minimum atomic E-state index is -0.401. The smallest absolute Gasteiger partial charge is 0.325 e. The van der Waals surface area contributed by atoms with Crippen molar-refractivity contribution in [1.29, 1.82) is 0 Å². The van der Waals surface area contributed by atoms with Crippen molar-refractivity contribution in [3.63, 3.8) is 0 Å². The molecule has 0 saturated carbocycles. The summed E-state index contributed by atoms with van der Waals surface area (Å²) in [4.78, 5) is 23.9. The fourth-order valence-electron chi connectivity index (χ4n) is 2.22. The zero-order valence-electron chi connectivity index (χ0n) is 14.2. The Morgan fingerprint density at radius 2 is 2.32 bits per heavy atom. The average Bonchev–Trinajstić information content (AvgIpc) is 2.82. The third-order valence-corrected chi connectivity index (χ3v) is 3.53. The van der Waals surface area contributed by atoms with E-state index in [1.165, 1.54) is 0 Å². The van der Waals surface area contributed by atoms with Crippen LogP contribution in [0.1, 0.15) is 17.3 Å². The number of allylic oxidation sites excluding steroid dienone is 3. The molecule has 0 fully saturated rings. The molecule has 1 amide bonds. The number of para-hydroxylation sites is 1. The van der Waals surface area contributed by atoms with E-state index >= 15 is 0 Å². The van der Waals surface area contributed by atoms with Gasteiger partial charge in [-0.25, -0.2) is 0 Å². The van der Waals surface area contributed by atoms with E-state index in [0.717, 1.165) is 5.57 Å². The first kappa shape index (κ1) is 18.3. The molecule has 0 unspecified atom stereocenters. The quantitative estimate of drug-likeness (QED) is 0.588. The predicted octanol–water partition coefficient (Wildman–Crippen LogP) is 2.45. The molecule has 2 rings (SSSR count).